The van der Waals surface area contributed by atoms with E-state index in [0.717, 1.165) is 0 Å². The monoisotopic (exact) mass is 436 g/mol. The lowest BCUT2D eigenvalue weighted by atomic mass is 10.1. The Morgan fingerprint density at radius 3 is 2.40 bits per heavy atom. The van der Waals surface area contributed by atoms with Crippen molar-refractivity contribution in [3.63, 3.8) is 0 Å². The zero-order chi connectivity index (χ0) is 22.3. The molecule has 0 saturated heterocycles. The number of nitrogens with zero attached hydrogens (tertiary/aromatic N) is 1. The van der Waals surface area contributed by atoms with Gasteiger partial charge < -0.3 is 10.1 Å². The number of hydrogen-bond acceptors (Lipinski definition) is 4. The molecule has 30 heavy (non-hydrogen) atoms. The summed E-state index contributed by atoms with van der Waals surface area (Å²) in [6.45, 7) is 7.89. The molecule has 8 heteroatoms. The molecule has 0 bridgehead atoms. The molecule has 0 fully saturated rings. The maximum Gasteiger partial charge on any atom is 0.243 e. The van der Waals surface area contributed by atoms with Crippen LogP contribution in [0.4, 0.5) is 10.1 Å². The van der Waals surface area contributed by atoms with Gasteiger partial charge in [-0.15, -0.1) is 0 Å². The summed E-state index contributed by atoms with van der Waals surface area (Å²) in [7, 11) is -3.69. The SMILES string of the molecule is CCN(CC)S(=O)(=O)c1ccc(OC(C)C)c(NC(=O)CCc2ccccc2F)c1. The Balaban J connectivity index is 2.26. The van der Waals surface area contributed by atoms with Crippen LogP contribution in [0.5, 0.6) is 5.75 Å². The van der Waals surface area contributed by atoms with Crippen LogP contribution >= 0.6 is 0 Å². The highest BCUT2D eigenvalue weighted by atomic mass is 32.2. The molecule has 0 saturated carbocycles. The number of benzene rings is 2. The van der Waals surface area contributed by atoms with Crippen molar-refractivity contribution in [3.8, 4) is 5.75 Å². The van der Waals surface area contributed by atoms with Gasteiger partial charge in [0.2, 0.25) is 15.9 Å². The summed E-state index contributed by atoms with van der Waals surface area (Å²) in [4.78, 5) is 12.6. The van der Waals surface area contributed by atoms with Gasteiger partial charge in [0.1, 0.15) is 11.6 Å². The summed E-state index contributed by atoms with van der Waals surface area (Å²) in [5.74, 6) is -0.339. The first-order valence-electron chi connectivity index (χ1n) is 10.0. The van der Waals surface area contributed by atoms with Crippen LogP contribution in [0, 0.1) is 5.82 Å². The lowest BCUT2D eigenvalue weighted by Crippen LogP contribution is -2.30. The molecule has 0 aliphatic rings. The first kappa shape index (κ1) is 23.8. The van der Waals surface area contributed by atoms with Crippen LogP contribution in [0.25, 0.3) is 0 Å². The Morgan fingerprint density at radius 2 is 1.80 bits per heavy atom. The van der Waals surface area contributed by atoms with Crippen molar-refractivity contribution in [2.45, 2.75) is 51.5 Å². The van der Waals surface area contributed by atoms with Gasteiger partial charge in [-0.25, -0.2) is 12.8 Å². The maximum absolute atomic E-state index is 13.8. The number of anilines is 1. The van der Waals surface area contributed by atoms with E-state index in [0.29, 0.717) is 24.4 Å². The number of hydrogen-bond donors (Lipinski definition) is 1. The van der Waals surface area contributed by atoms with Crippen molar-refractivity contribution in [2.75, 3.05) is 18.4 Å². The molecule has 0 aliphatic heterocycles. The van der Waals surface area contributed by atoms with Crippen LogP contribution in [0.2, 0.25) is 0 Å². The predicted molar refractivity (Wildman–Crippen MR) is 116 cm³/mol. The van der Waals surface area contributed by atoms with E-state index in [1.807, 2.05) is 13.8 Å². The number of carbonyl (C=O) groups excluding carboxylic acids is 1. The third-order valence-electron chi connectivity index (χ3n) is 4.51. The second-order valence-corrected chi connectivity index (χ2v) is 8.99. The molecule has 0 atom stereocenters. The van der Waals surface area contributed by atoms with Crippen molar-refractivity contribution < 1.29 is 22.3 Å². The second-order valence-electron chi connectivity index (χ2n) is 7.05. The number of amides is 1. The molecule has 0 radical (unpaired) electrons. The molecule has 164 valence electrons. The Hall–Kier alpha value is -2.45. The highest BCUT2D eigenvalue weighted by Crippen LogP contribution is 2.30. The molecule has 0 unspecified atom stereocenters. The van der Waals surface area contributed by atoms with Crippen LogP contribution in [0.3, 0.4) is 0 Å². The summed E-state index contributed by atoms with van der Waals surface area (Å²) in [6, 6.07) is 10.7. The summed E-state index contributed by atoms with van der Waals surface area (Å²) >= 11 is 0. The van der Waals surface area contributed by atoms with E-state index >= 15 is 0 Å². The van der Waals surface area contributed by atoms with Gasteiger partial charge in [-0.2, -0.15) is 4.31 Å². The summed E-state index contributed by atoms with van der Waals surface area (Å²) in [6.07, 6.45) is 0.120. The lowest BCUT2D eigenvalue weighted by molar-refractivity contribution is -0.116. The van der Waals surface area contributed by atoms with Crippen LogP contribution < -0.4 is 10.1 Å². The summed E-state index contributed by atoms with van der Waals surface area (Å²) in [5, 5.41) is 2.72. The molecule has 1 amide bonds. The van der Waals surface area contributed by atoms with Crippen molar-refractivity contribution >= 4 is 21.6 Å². The number of rotatable bonds is 10. The standard InChI is InChI=1S/C22H29FN2O4S/c1-5-25(6-2)30(27,28)18-12-13-21(29-16(3)4)20(15-18)24-22(26)14-11-17-9-7-8-10-19(17)23/h7-10,12-13,15-16H,5-6,11,14H2,1-4H3,(H,24,26). The smallest absolute Gasteiger partial charge is 0.243 e. The molecule has 1 N–H and O–H groups in total. The maximum atomic E-state index is 13.8. The minimum absolute atomic E-state index is 0.0507. The van der Waals surface area contributed by atoms with E-state index in [2.05, 4.69) is 5.32 Å². The number of ether oxygens (including phenoxy) is 1. The van der Waals surface area contributed by atoms with Crippen LogP contribution in [-0.2, 0) is 21.2 Å². The molecule has 2 aromatic rings. The molecule has 6 nitrogen and oxygen atoms in total. The average molecular weight is 437 g/mol. The van der Waals surface area contributed by atoms with Gasteiger partial charge >= 0.3 is 0 Å². The Kier molecular flexibility index (Phi) is 8.37. The molecule has 0 aromatic heterocycles. The van der Waals surface area contributed by atoms with Gasteiger partial charge in [0.15, 0.2) is 0 Å². The topological polar surface area (TPSA) is 75.7 Å². The zero-order valence-electron chi connectivity index (χ0n) is 17.8. The van der Waals surface area contributed by atoms with Gasteiger partial charge in [-0.3, -0.25) is 4.79 Å². The highest BCUT2D eigenvalue weighted by molar-refractivity contribution is 7.89. The van der Waals surface area contributed by atoms with Crippen molar-refractivity contribution in [1.82, 2.24) is 4.31 Å². The summed E-state index contributed by atoms with van der Waals surface area (Å²) < 4.78 is 46.5. The summed E-state index contributed by atoms with van der Waals surface area (Å²) in [5.41, 5.74) is 0.722. The molecular weight excluding hydrogens is 407 g/mol. The average Bonchev–Trinajstić information content (AvgIpc) is 2.69. The quantitative estimate of drug-likeness (QED) is 0.605. The fourth-order valence-corrected chi connectivity index (χ4v) is 4.48. The number of halogens is 1. The normalized spacial score (nSPS) is 11.7. The van der Waals surface area contributed by atoms with Gasteiger partial charge in [0.05, 0.1) is 16.7 Å². The fourth-order valence-electron chi connectivity index (χ4n) is 3.00. The van der Waals surface area contributed by atoms with E-state index in [9.17, 15) is 17.6 Å². The van der Waals surface area contributed by atoms with Gasteiger partial charge in [-0.1, -0.05) is 32.0 Å². The Labute approximate surface area is 178 Å². The van der Waals surface area contributed by atoms with E-state index in [1.54, 1.807) is 38.1 Å². The third-order valence-corrected chi connectivity index (χ3v) is 6.56. The highest BCUT2D eigenvalue weighted by Gasteiger charge is 2.23. The van der Waals surface area contributed by atoms with Crippen LogP contribution in [0.1, 0.15) is 39.7 Å². The zero-order valence-corrected chi connectivity index (χ0v) is 18.6. The first-order valence-corrected chi connectivity index (χ1v) is 11.5. The number of carbonyl (C=O) groups is 1. The lowest BCUT2D eigenvalue weighted by Gasteiger charge is -2.20. The van der Waals surface area contributed by atoms with Crippen LogP contribution in [0.15, 0.2) is 47.4 Å². The van der Waals surface area contributed by atoms with Crippen LogP contribution in [-0.4, -0.2) is 37.8 Å². The Morgan fingerprint density at radius 1 is 1.13 bits per heavy atom. The number of sulfonamides is 1. The van der Waals surface area contributed by atoms with Crippen molar-refractivity contribution in [3.05, 3.63) is 53.8 Å². The van der Waals surface area contributed by atoms with Gasteiger partial charge in [0, 0.05) is 19.5 Å². The van der Waals surface area contributed by atoms with Crippen molar-refractivity contribution in [1.29, 1.82) is 0 Å². The third kappa shape index (κ3) is 6.03. The molecule has 0 heterocycles. The molecular formula is C22H29FN2O4S. The molecule has 2 aromatic carbocycles. The molecule has 2 rings (SSSR count). The minimum atomic E-state index is -3.69. The Bertz CT molecular complexity index is 973. The van der Waals surface area contributed by atoms with E-state index < -0.39 is 10.0 Å². The molecule has 0 spiro atoms. The van der Waals surface area contributed by atoms with E-state index in [-0.39, 0.29) is 41.3 Å². The number of aryl methyl sites for hydroxylation is 1. The first-order chi connectivity index (χ1) is 14.2. The van der Waals surface area contributed by atoms with Gasteiger partial charge in [-0.05, 0) is 50.1 Å². The minimum Gasteiger partial charge on any atom is -0.489 e. The van der Waals surface area contributed by atoms with Gasteiger partial charge in [0.25, 0.3) is 0 Å². The molecule has 0 aliphatic carbocycles. The fraction of sp³-hybridized carbons (Fsp3) is 0.409. The van der Waals surface area contributed by atoms with Crippen molar-refractivity contribution in [2.24, 2.45) is 0 Å². The van der Waals surface area contributed by atoms with E-state index in [1.165, 1.54) is 22.5 Å². The van der Waals surface area contributed by atoms with E-state index in [4.69, 9.17) is 4.74 Å². The second kappa shape index (κ2) is 10.5. The predicted octanol–water partition coefficient (Wildman–Crippen LogP) is 4.21. The number of nitrogens with one attached hydrogen (secondary N) is 1. The largest absolute Gasteiger partial charge is 0.489 e.